The van der Waals surface area contributed by atoms with Crippen molar-refractivity contribution in [3.05, 3.63) is 23.9 Å². The van der Waals surface area contributed by atoms with Crippen LogP contribution in [0.1, 0.15) is 57.9 Å². The molecule has 0 unspecified atom stereocenters. The molecule has 1 saturated heterocycles. The number of aliphatic hydroxyl groups is 1. The van der Waals surface area contributed by atoms with Crippen LogP contribution in [0.5, 0.6) is 11.9 Å². The van der Waals surface area contributed by atoms with E-state index in [2.05, 4.69) is 27.0 Å². The lowest BCUT2D eigenvalue weighted by Gasteiger charge is -2.53. The van der Waals surface area contributed by atoms with Crippen molar-refractivity contribution in [2.24, 2.45) is 17.8 Å². The predicted octanol–water partition coefficient (Wildman–Crippen LogP) is 3.55. The summed E-state index contributed by atoms with van der Waals surface area (Å²) >= 11 is 0. The number of fused-ring (bicyclic) bond motifs is 2. The van der Waals surface area contributed by atoms with Crippen molar-refractivity contribution >= 4 is 0 Å². The summed E-state index contributed by atoms with van der Waals surface area (Å²) in [4.78, 5) is 11.5. The van der Waals surface area contributed by atoms with Gasteiger partial charge < -0.3 is 19.5 Å². The first-order valence-electron chi connectivity index (χ1n) is 11.4. The van der Waals surface area contributed by atoms with Gasteiger partial charge in [0.15, 0.2) is 0 Å². The van der Waals surface area contributed by atoms with E-state index in [1.165, 1.54) is 25.7 Å². The van der Waals surface area contributed by atoms with Gasteiger partial charge in [-0.2, -0.15) is 4.98 Å². The number of ether oxygens (including phenoxy) is 2. The molecule has 0 radical (unpaired) electrons. The summed E-state index contributed by atoms with van der Waals surface area (Å²) in [7, 11) is 0. The molecule has 4 rings (SSSR count). The molecule has 3 atom stereocenters. The Labute approximate surface area is 174 Å². The third kappa shape index (κ3) is 4.15. The predicted molar refractivity (Wildman–Crippen MR) is 112 cm³/mol. The van der Waals surface area contributed by atoms with Crippen LogP contribution in [0.25, 0.3) is 0 Å². The van der Waals surface area contributed by atoms with Gasteiger partial charge in [0, 0.05) is 37.7 Å². The molecule has 2 heterocycles. The molecule has 1 aliphatic heterocycles. The smallest absolute Gasteiger partial charge is 0.319 e. The molecule has 1 aromatic heterocycles. The Morgan fingerprint density at radius 1 is 1.10 bits per heavy atom. The Morgan fingerprint density at radius 3 is 2.52 bits per heavy atom. The summed E-state index contributed by atoms with van der Waals surface area (Å²) in [6, 6.07) is 0.316. The molecule has 1 aromatic rings. The van der Waals surface area contributed by atoms with Crippen LogP contribution in [0.15, 0.2) is 18.3 Å². The molecule has 0 aromatic carbocycles. The first kappa shape index (κ1) is 20.6. The van der Waals surface area contributed by atoms with Gasteiger partial charge in [0.2, 0.25) is 5.88 Å². The average molecular weight is 402 g/mol. The van der Waals surface area contributed by atoms with Crippen molar-refractivity contribution in [2.45, 2.75) is 58.0 Å². The zero-order valence-electron chi connectivity index (χ0n) is 17.8. The van der Waals surface area contributed by atoms with E-state index in [0.29, 0.717) is 25.1 Å². The number of hydrogen-bond donors (Lipinski definition) is 1. The highest BCUT2D eigenvalue weighted by molar-refractivity contribution is 5.34. The molecular weight excluding hydrogens is 366 g/mol. The summed E-state index contributed by atoms with van der Waals surface area (Å²) in [6.45, 7) is 7.88. The summed E-state index contributed by atoms with van der Waals surface area (Å²) in [5, 5.41) is 12.0. The summed E-state index contributed by atoms with van der Waals surface area (Å²) in [5.74, 6) is 1.61. The van der Waals surface area contributed by atoms with Gasteiger partial charge in [-0.15, -0.1) is 0 Å². The Balaban J connectivity index is 1.58. The highest BCUT2D eigenvalue weighted by atomic mass is 16.5. The standard InChI is InChI=1S/C23H35N3O3/c1-3-28-21-20(13-24-22(25-21)29-4-2)23(27)18-11-8-12-19(23)16-26(15-18)14-17-9-6-5-7-10-17/h5-6,13,17-19,27H,3-4,7-12,14-16H2,1-2H3/t17-,18+,19+/m1/s1. The second-order valence-electron chi connectivity index (χ2n) is 8.76. The number of rotatable bonds is 7. The summed E-state index contributed by atoms with van der Waals surface area (Å²) in [5.41, 5.74) is -0.172. The van der Waals surface area contributed by atoms with Gasteiger partial charge in [-0.3, -0.25) is 0 Å². The Morgan fingerprint density at radius 2 is 1.86 bits per heavy atom. The molecule has 0 amide bonds. The van der Waals surface area contributed by atoms with Crippen molar-refractivity contribution in [2.75, 3.05) is 32.8 Å². The Hall–Kier alpha value is -1.66. The van der Waals surface area contributed by atoms with Gasteiger partial charge in [0.05, 0.1) is 18.8 Å². The lowest BCUT2D eigenvalue weighted by molar-refractivity contribution is -0.150. The first-order valence-corrected chi connectivity index (χ1v) is 11.4. The van der Waals surface area contributed by atoms with E-state index in [-0.39, 0.29) is 11.8 Å². The van der Waals surface area contributed by atoms with E-state index in [0.717, 1.165) is 44.0 Å². The second kappa shape index (κ2) is 9.00. The van der Waals surface area contributed by atoms with Crippen LogP contribution >= 0.6 is 0 Å². The molecule has 3 aliphatic rings. The van der Waals surface area contributed by atoms with Gasteiger partial charge in [-0.25, -0.2) is 4.98 Å². The number of nitrogens with zero attached hydrogens (tertiary/aromatic N) is 3. The van der Waals surface area contributed by atoms with Crippen LogP contribution in [0.3, 0.4) is 0 Å². The Bertz CT molecular complexity index is 709. The largest absolute Gasteiger partial charge is 0.478 e. The molecule has 6 nitrogen and oxygen atoms in total. The first-order chi connectivity index (χ1) is 14.1. The van der Waals surface area contributed by atoms with Crippen LogP contribution in [-0.2, 0) is 5.60 Å². The zero-order valence-corrected chi connectivity index (χ0v) is 17.8. The van der Waals surface area contributed by atoms with Crippen LogP contribution < -0.4 is 9.47 Å². The Kier molecular flexibility index (Phi) is 6.40. The van der Waals surface area contributed by atoms with E-state index in [1.807, 2.05) is 13.8 Å². The minimum absolute atomic E-state index is 0.190. The average Bonchev–Trinajstić information content (AvgIpc) is 2.70. The normalized spacial score (nSPS) is 32.2. The monoisotopic (exact) mass is 401 g/mol. The summed E-state index contributed by atoms with van der Waals surface area (Å²) in [6.07, 6.45) is 13.3. The van der Waals surface area contributed by atoms with Crippen molar-refractivity contribution in [3.63, 3.8) is 0 Å². The van der Waals surface area contributed by atoms with Crippen LogP contribution in [0.2, 0.25) is 0 Å². The van der Waals surface area contributed by atoms with Gasteiger partial charge >= 0.3 is 6.01 Å². The topological polar surface area (TPSA) is 67.7 Å². The maximum Gasteiger partial charge on any atom is 0.319 e. The number of allylic oxidation sites excluding steroid dienone is 2. The second-order valence-corrected chi connectivity index (χ2v) is 8.76. The SMILES string of the molecule is CCOc1ncc(C2(O)[C@H]3CCC[C@H]2CN(C[C@@H]2CC=CCC2)C3)c(OCC)n1. The molecule has 160 valence electrons. The van der Waals surface area contributed by atoms with Gasteiger partial charge in [0.25, 0.3) is 0 Å². The van der Waals surface area contributed by atoms with E-state index >= 15 is 0 Å². The van der Waals surface area contributed by atoms with Crippen LogP contribution in [0, 0.1) is 17.8 Å². The lowest BCUT2D eigenvalue weighted by Crippen LogP contribution is -2.58. The minimum atomic E-state index is -0.920. The quantitative estimate of drug-likeness (QED) is 0.705. The summed E-state index contributed by atoms with van der Waals surface area (Å²) < 4.78 is 11.3. The fourth-order valence-electron chi connectivity index (χ4n) is 5.59. The highest BCUT2D eigenvalue weighted by Gasteiger charge is 2.53. The molecule has 2 fully saturated rings. The molecule has 2 bridgehead atoms. The van der Waals surface area contributed by atoms with E-state index in [9.17, 15) is 5.11 Å². The highest BCUT2D eigenvalue weighted by Crippen LogP contribution is 2.51. The number of hydrogen-bond acceptors (Lipinski definition) is 6. The van der Waals surface area contributed by atoms with Crippen LogP contribution in [-0.4, -0.2) is 52.8 Å². The molecule has 1 saturated carbocycles. The molecule has 1 N–H and O–H groups in total. The third-order valence-electron chi connectivity index (χ3n) is 6.92. The molecule has 0 spiro atoms. The maximum absolute atomic E-state index is 12.0. The van der Waals surface area contributed by atoms with E-state index in [4.69, 9.17) is 9.47 Å². The molecular formula is C23H35N3O3. The molecule has 29 heavy (non-hydrogen) atoms. The van der Waals surface area contributed by atoms with E-state index < -0.39 is 5.60 Å². The van der Waals surface area contributed by atoms with Crippen LogP contribution in [0.4, 0.5) is 0 Å². The number of aromatic nitrogens is 2. The minimum Gasteiger partial charge on any atom is -0.478 e. The third-order valence-corrected chi connectivity index (χ3v) is 6.92. The van der Waals surface area contributed by atoms with Crippen molar-refractivity contribution < 1.29 is 14.6 Å². The van der Waals surface area contributed by atoms with E-state index in [1.54, 1.807) is 6.20 Å². The number of piperidine rings is 1. The lowest BCUT2D eigenvalue weighted by atomic mass is 9.63. The molecule has 6 heteroatoms. The van der Waals surface area contributed by atoms with Crippen molar-refractivity contribution in [1.29, 1.82) is 0 Å². The van der Waals surface area contributed by atoms with Gasteiger partial charge in [0.1, 0.15) is 5.60 Å². The fourth-order valence-corrected chi connectivity index (χ4v) is 5.59. The van der Waals surface area contributed by atoms with Gasteiger partial charge in [-0.1, -0.05) is 18.6 Å². The fraction of sp³-hybridized carbons (Fsp3) is 0.739. The maximum atomic E-state index is 12.0. The zero-order chi connectivity index (χ0) is 20.3. The van der Waals surface area contributed by atoms with Gasteiger partial charge in [-0.05, 0) is 51.9 Å². The van der Waals surface area contributed by atoms with Crippen molar-refractivity contribution in [3.8, 4) is 11.9 Å². The number of likely N-dealkylation sites (tertiary alicyclic amines) is 1. The molecule has 2 aliphatic carbocycles. The van der Waals surface area contributed by atoms with Crippen molar-refractivity contribution in [1.82, 2.24) is 14.9 Å².